The van der Waals surface area contributed by atoms with Crippen LogP contribution in [-0.2, 0) is 10.0 Å². The van der Waals surface area contributed by atoms with E-state index in [-0.39, 0.29) is 23.7 Å². The SMILES string of the molecule is CCCCN(CCO)S(=O)(=O)c1cc(N)c(F)cc1C. The van der Waals surface area contributed by atoms with E-state index >= 15 is 0 Å². The molecule has 0 heterocycles. The molecule has 1 rings (SSSR count). The van der Waals surface area contributed by atoms with E-state index in [1.807, 2.05) is 6.92 Å². The summed E-state index contributed by atoms with van der Waals surface area (Å²) in [5.74, 6) is -0.635. The molecule has 0 aromatic heterocycles. The highest BCUT2D eigenvalue weighted by atomic mass is 32.2. The lowest BCUT2D eigenvalue weighted by molar-refractivity contribution is 0.252. The van der Waals surface area contributed by atoms with Crippen molar-refractivity contribution in [1.29, 1.82) is 0 Å². The van der Waals surface area contributed by atoms with Crippen molar-refractivity contribution in [2.45, 2.75) is 31.6 Å². The van der Waals surface area contributed by atoms with E-state index in [4.69, 9.17) is 10.8 Å². The third kappa shape index (κ3) is 3.68. The van der Waals surface area contributed by atoms with Crippen LogP contribution in [0, 0.1) is 12.7 Å². The van der Waals surface area contributed by atoms with Gasteiger partial charge in [-0.05, 0) is 31.0 Å². The van der Waals surface area contributed by atoms with Crippen molar-refractivity contribution in [2.75, 3.05) is 25.4 Å². The predicted octanol–water partition coefficient (Wildman–Crippen LogP) is 1.50. The Balaban J connectivity index is 3.22. The Morgan fingerprint density at radius 2 is 2.00 bits per heavy atom. The Kier molecular flexibility index (Phi) is 5.91. The van der Waals surface area contributed by atoms with Gasteiger partial charge in [0.25, 0.3) is 0 Å². The van der Waals surface area contributed by atoms with E-state index in [1.54, 1.807) is 0 Å². The minimum Gasteiger partial charge on any atom is -0.396 e. The third-order valence-electron chi connectivity index (χ3n) is 3.02. The second-order valence-corrected chi connectivity index (χ2v) is 6.53. The van der Waals surface area contributed by atoms with Gasteiger partial charge in [-0.2, -0.15) is 4.31 Å². The molecule has 0 saturated carbocycles. The first-order chi connectivity index (χ1) is 9.34. The largest absolute Gasteiger partial charge is 0.396 e. The van der Waals surface area contributed by atoms with Gasteiger partial charge in [-0.1, -0.05) is 13.3 Å². The van der Waals surface area contributed by atoms with Crippen molar-refractivity contribution in [3.05, 3.63) is 23.5 Å². The number of rotatable bonds is 7. The van der Waals surface area contributed by atoms with Crippen LogP contribution in [0.3, 0.4) is 0 Å². The molecule has 0 bridgehead atoms. The molecule has 0 radical (unpaired) electrons. The van der Waals surface area contributed by atoms with E-state index in [0.29, 0.717) is 18.5 Å². The molecule has 0 spiro atoms. The maximum absolute atomic E-state index is 13.3. The van der Waals surface area contributed by atoms with Crippen molar-refractivity contribution >= 4 is 15.7 Å². The monoisotopic (exact) mass is 304 g/mol. The summed E-state index contributed by atoms with van der Waals surface area (Å²) in [4.78, 5) is -0.0130. The van der Waals surface area contributed by atoms with Crippen LogP contribution in [0.4, 0.5) is 10.1 Å². The molecular weight excluding hydrogens is 283 g/mol. The van der Waals surface area contributed by atoms with Crippen LogP contribution in [0.25, 0.3) is 0 Å². The van der Waals surface area contributed by atoms with E-state index in [0.717, 1.165) is 18.6 Å². The fourth-order valence-corrected chi connectivity index (χ4v) is 3.60. The molecule has 0 aliphatic rings. The zero-order chi connectivity index (χ0) is 15.3. The van der Waals surface area contributed by atoms with E-state index < -0.39 is 15.8 Å². The zero-order valence-electron chi connectivity index (χ0n) is 11.8. The van der Waals surface area contributed by atoms with Crippen molar-refractivity contribution in [3.8, 4) is 0 Å². The van der Waals surface area contributed by atoms with Crippen LogP contribution in [0.1, 0.15) is 25.3 Å². The van der Waals surface area contributed by atoms with Gasteiger partial charge in [0.05, 0.1) is 17.2 Å². The van der Waals surface area contributed by atoms with E-state index in [9.17, 15) is 12.8 Å². The highest BCUT2D eigenvalue weighted by Crippen LogP contribution is 2.24. The summed E-state index contributed by atoms with van der Waals surface area (Å²) >= 11 is 0. The highest BCUT2D eigenvalue weighted by molar-refractivity contribution is 7.89. The Morgan fingerprint density at radius 1 is 1.35 bits per heavy atom. The average Bonchev–Trinajstić information content (AvgIpc) is 2.38. The molecule has 3 N–H and O–H groups in total. The van der Waals surface area contributed by atoms with Crippen LogP contribution in [0.15, 0.2) is 17.0 Å². The molecule has 7 heteroatoms. The van der Waals surface area contributed by atoms with Gasteiger partial charge in [0.15, 0.2) is 0 Å². The number of nitrogens with two attached hydrogens (primary N) is 1. The van der Waals surface area contributed by atoms with Crippen molar-refractivity contribution in [1.82, 2.24) is 4.31 Å². The van der Waals surface area contributed by atoms with Crippen LogP contribution in [0.5, 0.6) is 0 Å². The maximum Gasteiger partial charge on any atom is 0.243 e. The molecule has 1 aromatic rings. The lowest BCUT2D eigenvalue weighted by atomic mass is 10.2. The summed E-state index contributed by atoms with van der Waals surface area (Å²) in [5, 5.41) is 9.02. The Hall–Kier alpha value is -1.18. The number of hydrogen-bond acceptors (Lipinski definition) is 4. The number of benzene rings is 1. The summed E-state index contributed by atoms with van der Waals surface area (Å²) in [5.41, 5.74) is 5.55. The van der Waals surface area contributed by atoms with Gasteiger partial charge >= 0.3 is 0 Å². The molecule has 0 atom stereocenters. The summed E-state index contributed by atoms with van der Waals surface area (Å²) in [6, 6.07) is 2.25. The number of nitrogens with zero attached hydrogens (tertiary/aromatic N) is 1. The molecule has 0 aliphatic carbocycles. The minimum atomic E-state index is -3.78. The number of sulfonamides is 1. The Bertz CT molecular complexity index is 561. The number of aliphatic hydroxyl groups excluding tert-OH is 1. The van der Waals surface area contributed by atoms with Crippen LogP contribution >= 0.6 is 0 Å². The van der Waals surface area contributed by atoms with Crippen LogP contribution in [-0.4, -0.2) is 37.5 Å². The number of hydrogen-bond donors (Lipinski definition) is 2. The standard InChI is InChI=1S/C13H21FN2O3S/c1-3-4-5-16(6-7-17)20(18,19)13-9-12(15)11(14)8-10(13)2/h8-9,17H,3-7,15H2,1-2H3. The van der Waals surface area contributed by atoms with E-state index in [2.05, 4.69) is 0 Å². The highest BCUT2D eigenvalue weighted by Gasteiger charge is 2.26. The zero-order valence-corrected chi connectivity index (χ0v) is 12.6. The smallest absolute Gasteiger partial charge is 0.243 e. The Labute approximate surface area is 119 Å². The molecular formula is C13H21FN2O3S. The molecule has 0 fully saturated rings. The van der Waals surface area contributed by atoms with Gasteiger partial charge in [-0.3, -0.25) is 0 Å². The molecule has 0 unspecified atom stereocenters. The number of aryl methyl sites for hydroxylation is 1. The van der Waals surface area contributed by atoms with Crippen LogP contribution < -0.4 is 5.73 Å². The van der Waals surface area contributed by atoms with Gasteiger partial charge in [-0.25, -0.2) is 12.8 Å². The maximum atomic E-state index is 13.3. The first-order valence-electron chi connectivity index (χ1n) is 6.51. The van der Waals surface area contributed by atoms with Gasteiger partial charge < -0.3 is 10.8 Å². The van der Waals surface area contributed by atoms with Gasteiger partial charge in [-0.15, -0.1) is 0 Å². The summed E-state index contributed by atoms with van der Waals surface area (Å²) < 4.78 is 39.6. The minimum absolute atomic E-state index is 0.0130. The lowest BCUT2D eigenvalue weighted by Gasteiger charge is -2.22. The average molecular weight is 304 g/mol. The van der Waals surface area contributed by atoms with Gasteiger partial charge in [0.1, 0.15) is 5.82 Å². The Morgan fingerprint density at radius 3 is 2.55 bits per heavy atom. The molecule has 5 nitrogen and oxygen atoms in total. The first kappa shape index (κ1) is 16.9. The third-order valence-corrected chi connectivity index (χ3v) is 5.06. The second-order valence-electron chi connectivity index (χ2n) is 4.62. The summed E-state index contributed by atoms with van der Waals surface area (Å²) in [6.07, 6.45) is 1.52. The normalized spacial score (nSPS) is 12.1. The number of unbranched alkanes of at least 4 members (excludes halogenated alkanes) is 1. The lowest BCUT2D eigenvalue weighted by Crippen LogP contribution is -2.35. The summed E-state index contributed by atoms with van der Waals surface area (Å²) in [7, 11) is -3.78. The van der Waals surface area contributed by atoms with Gasteiger partial charge in [0.2, 0.25) is 10.0 Å². The molecule has 0 amide bonds. The van der Waals surface area contributed by atoms with Crippen molar-refractivity contribution in [3.63, 3.8) is 0 Å². The van der Waals surface area contributed by atoms with Crippen molar-refractivity contribution in [2.24, 2.45) is 0 Å². The molecule has 0 saturated heterocycles. The fourth-order valence-electron chi connectivity index (χ4n) is 1.88. The van der Waals surface area contributed by atoms with Gasteiger partial charge in [0, 0.05) is 13.1 Å². The fraction of sp³-hybridized carbons (Fsp3) is 0.538. The number of anilines is 1. The summed E-state index contributed by atoms with van der Waals surface area (Å²) in [6.45, 7) is 3.53. The predicted molar refractivity (Wildman–Crippen MR) is 76.3 cm³/mol. The number of nitrogen functional groups attached to an aromatic ring is 1. The van der Waals surface area contributed by atoms with E-state index in [1.165, 1.54) is 11.2 Å². The van der Waals surface area contributed by atoms with Crippen LogP contribution in [0.2, 0.25) is 0 Å². The second kappa shape index (κ2) is 7.01. The number of aliphatic hydroxyl groups is 1. The molecule has 20 heavy (non-hydrogen) atoms. The van der Waals surface area contributed by atoms with Crippen molar-refractivity contribution < 1.29 is 17.9 Å². The molecule has 0 aliphatic heterocycles. The first-order valence-corrected chi connectivity index (χ1v) is 7.95. The molecule has 114 valence electrons. The quantitative estimate of drug-likeness (QED) is 0.748. The number of halogens is 1. The topological polar surface area (TPSA) is 83.6 Å². The molecule has 1 aromatic carbocycles.